The molecule has 20 heavy (non-hydrogen) atoms. The van der Waals surface area contributed by atoms with Crippen molar-refractivity contribution in [3.05, 3.63) is 29.6 Å². The van der Waals surface area contributed by atoms with Crippen molar-refractivity contribution in [2.24, 2.45) is 5.73 Å². The number of unbranched alkanes of at least 4 members (excludes halogenated alkanes) is 6. The minimum Gasteiger partial charge on any atom is -0.490 e. The van der Waals surface area contributed by atoms with E-state index in [0.717, 1.165) is 18.4 Å². The van der Waals surface area contributed by atoms with Crippen LogP contribution >= 0.6 is 0 Å². The van der Waals surface area contributed by atoms with Crippen molar-refractivity contribution in [1.29, 1.82) is 0 Å². The second kappa shape index (κ2) is 10.7. The summed E-state index contributed by atoms with van der Waals surface area (Å²) in [5, 5.41) is 0. The molecule has 2 N–H and O–H groups in total. The number of rotatable bonds is 11. The number of hydrogen-bond donors (Lipinski definition) is 1. The number of nitrogens with two attached hydrogens (primary N) is 1. The first-order valence-corrected chi connectivity index (χ1v) is 7.89. The van der Waals surface area contributed by atoms with Gasteiger partial charge in [-0.15, -0.1) is 0 Å². The molecule has 0 aliphatic rings. The summed E-state index contributed by atoms with van der Waals surface area (Å²) < 4.78 is 19.3. The molecule has 0 saturated carbocycles. The lowest BCUT2D eigenvalue weighted by atomic mass is 10.1. The fraction of sp³-hybridized carbons (Fsp3) is 0.647. The van der Waals surface area contributed by atoms with E-state index in [9.17, 15) is 4.39 Å². The predicted octanol–water partition coefficient (Wildman–Crippen LogP) is 4.46. The summed E-state index contributed by atoms with van der Waals surface area (Å²) >= 11 is 0. The molecule has 1 aromatic rings. The van der Waals surface area contributed by atoms with Crippen molar-refractivity contribution in [1.82, 2.24) is 0 Å². The average molecular weight is 281 g/mol. The zero-order valence-electron chi connectivity index (χ0n) is 12.7. The maximum Gasteiger partial charge on any atom is 0.165 e. The van der Waals surface area contributed by atoms with Gasteiger partial charge in [0, 0.05) is 0 Å². The zero-order chi connectivity index (χ0) is 14.6. The first-order valence-electron chi connectivity index (χ1n) is 7.89. The highest BCUT2D eigenvalue weighted by atomic mass is 19.1. The van der Waals surface area contributed by atoms with E-state index >= 15 is 0 Å². The fourth-order valence-electron chi connectivity index (χ4n) is 2.30. The second-order valence-electron chi connectivity index (χ2n) is 5.24. The Morgan fingerprint density at radius 1 is 1.05 bits per heavy atom. The van der Waals surface area contributed by atoms with Crippen LogP contribution in [-0.4, -0.2) is 13.2 Å². The van der Waals surface area contributed by atoms with Gasteiger partial charge in [-0.25, -0.2) is 4.39 Å². The van der Waals surface area contributed by atoms with Gasteiger partial charge < -0.3 is 10.5 Å². The highest BCUT2D eigenvalue weighted by Crippen LogP contribution is 2.23. The van der Waals surface area contributed by atoms with Crippen LogP contribution in [-0.2, 0) is 6.42 Å². The molecule has 0 amide bonds. The van der Waals surface area contributed by atoms with Gasteiger partial charge >= 0.3 is 0 Å². The molecule has 1 aromatic carbocycles. The molecule has 0 radical (unpaired) electrons. The van der Waals surface area contributed by atoms with Crippen LogP contribution in [0.3, 0.4) is 0 Å². The minimum atomic E-state index is -0.279. The van der Waals surface area contributed by atoms with E-state index in [4.69, 9.17) is 10.5 Å². The van der Waals surface area contributed by atoms with E-state index in [2.05, 4.69) is 6.92 Å². The molecule has 0 spiro atoms. The monoisotopic (exact) mass is 281 g/mol. The third-order valence-corrected chi connectivity index (χ3v) is 3.46. The minimum absolute atomic E-state index is 0.279. The molecule has 0 aliphatic carbocycles. The third kappa shape index (κ3) is 6.38. The van der Waals surface area contributed by atoms with Crippen LogP contribution in [0.4, 0.5) is 4.39 Å². The van der Waals surface area contributed by atoms with E-state index in [0.29, 0.717) is 25.3 Å². The molecule has 3 heteroatoms. The van der Waals surface area contributed by atoms with E-state index < -0.39 is 0 Å². The number of ether oxygens (including phenoxy) is 1. The molecule has 0 atom stereocenters. The standard InChI is InChI=1S/C17H28FNO/c1-2-3-4-5-6-7-8-14-20-17-15(12-13-19)10-9-11-16(17)18/h9-11H,2-8,12-14,19H2,1H3. The van der Waals surface area contributed by atoms with Gasteiger partial charge in [0.05, 0.1) is 6.61 Å². The SMILES string of the molecule is CCCCCCCCCOc1c(F)cccc1CCN. The molecular weight excluding hydrogens is 253 g/mol. The maximum atomic E-state index is 13.7. The van der Waals surface area contributed by atoms with E-state index in [1.54, 1.807) is 6.07 Å². The molecule has 1 rings (SSSR count). The summed E-state index contributed by atoms with van der Waals surface area (Å²) in [6.45, 7) is 3.32. The van der Waals surface area contributed by atoms with Gasteiger partial charge in [-0.2, -0.15) is 0 Å². The Labute approximate surface area is 122 Å². The van der Waals surface area contributed by atoms with Crippen molar-refractivity contribution < 1.29 is 9.13 Å². The Morgan fingerprint density at radius 2 is 1.75 bits per heavy atom. The summed E-state index contributed by atoms with van der Waals surface area (Å²) in [7, 11) is 0. The van der Waals surface area contributed by atoms with Crippen LogP contribution in [0.25, 0.3) is 0 Å². The number of para-hydroxylation sites is 1. The van der Waals surface area contributed by atoms with E-state index in [1.165, 1.54) is 38.2 Å². The Morgan fingerprint density at radius 3 is 2.45 bits per heavy atom. The van der Waals surface area contributed by atoms with Gasteiger partial charge in [-0.05, 0) is 31.0 Å². The van der Waals surface area contributed by atoms with Crippen LogP contribution in [0.1, 0.15) is 57.4 Å². The lowest BCUT2D eigenvalue weighted by Gasteiger charge is -2.11. The lowest BCUT2D eigenvalue weighted by molar-refractivity contribution is 0.287. The molecule has 0 fully saturated rings. The summed E-state index contributed by atoms with van der Waals surface area (Å²) in [4.78, 5) is 0. The van der Waals surface area contributed by atoms with E-state index in [1.807, 2.05) is 6.07 Å². The Kier molecular flexibility index (Phi) is 9.05. The molecule has 114 valence electrons. The molecule has 0 aromatic heterocycles. The molecule has 0 heterocycles. The molecule has 0 aliphatic heterocycles. The van der Waals surface area contributed by atoms with Crippen LogP contribution in [0.15, 0.2) is 18.2 Å². The van der Waals surface area contributed by atoms with E-state index in [-0.39, 0.29) is 5.82 Å². The highest BCUT2D eigenvalue weighted by molar-refractivity contribution is 5.35. The van der Waals surface area contributed by atoms with Crippen molar-refractivity contribution in [3.63, 3.8) is 0 Å². The first kappa shape index (κ1) is 17.0. The van der Waals surface area contributed by atoms with Gasteiger partial charge in [0.2, 0.25) is 0 Å². The van der Waals surface area contributed by atoms with Crippen molar-refractivity contribution in [3.8, 4) is 5.75 Å². The highest BCUT2D eigenvalue weighted by Gasteiger charge is 2.08. The summed E-state index contributed by atoms with van der Waals surface area (Å²) in [6, 6.07) is 5.04. The van der Waals surface area contributed by atoms with Gasteiger partial charge in [0.25, 0.3) is 0 Å². The Balaban J connectivity index is 2.24. The van der Waals surface area contributed by atoms with Gasteiger partial charge in [-0.1, -0.05) is 57.6 Å². The maximum absolute atomic E-state index is 13.7. The van der Waals surface area contributed by atoms with Gasteiger partial charge in [0.15, 0.2) is 11.6 Å². The lowest BCUT2D eigenvalue weighted by Crippen LogP contribution is -2.07. The third-order valence-electron chi connectivity index (χ3n) is 3.46. The normalized spacial score (nSPS) is 10.8. The largest absolute Gasteiger partial charge is 0.490 e. The van der Waals surface area contributed by atoms with Crippen LogP contribution < -0.4 is 10.5 Å². The molecule has 0 saturated heterocycles. The molecular formula is C17H28FNO. The average Bonchev–Trinajstić information content (AvgIpc) is 2.44. The van der Waals surface area contributed by atoms with Gasteiger partial charge in [-0.3, -0.25) is 0 Å². The van der Waals surface area contributed by atoms with Crippen molar-refractivity contribution >= 4 is 0 Å². The second-order valence-corrected chi connectivity index (χ2v) is 5.24. The zero-order valence-corrected chi connectivity index (χ0v) is 12.7. The Hall–Kier alpha value is -1.09. The van der Waals surface area contributed by atoms with Crippen molar-refractivity contribution in [2.45, 2.75) is 58.3 Å². The number of benzene rings is 1. The fourth-order valence-corrected chi connectivity index (χ4v) is 2.30. The number of hydrogen-bond acceptors (Lipinski definition) is 2. The van der Waals surface area contributed by atoms with Gasteiger partial charge in [0.1, 0.15) is 0 Å². The molecule has 2 nitrogen and oxygen atoms in total. The first-order chi connectivity index (χ1) is 9.79. The van der Waals surface area contributed by atoms with Crippen LogP contribution in [0.2, 0.25) is 0 Å². The quantitative estimate of drug-likeness (QED) is 0.608. The van der Waals surface area contributed by atoms with Crippen LogP contribution in [0.5, 0.6) is 5.75 Å². The molecule has 0 bridgehead atoms. The Bertz CT molecular complexity index is 368. The van der Waals surface area contributed by atoms with Crippen molar-refractivity contribution in [2.75, 3.05) is 13.2 Å². The summed E-state index contributed by atoms with van der Waals surface area (Å²) in [6.07, 6.45) is 9.28. The topological polar surface area (TPSA) is 35.2 Å². The summed E-state index contributed by atoms with van der Waals surface area (Å²) in [5.74, 6) is 0.114. The predicted molar refractivity (Wildman–Crippen MR) is 82.6 cm³/mol. The van der Waals surface area contributed by atoms with Crippen LogP contribution in [0, 0.1) is 5.82 Å². The molecule has 0 unspecified atom stereocenters. The smallest absolute Gasteiger partial charge is 0.165 e. The summed E-state index contributed by atoms with van der Waals surface area (Å²) in [5.41, 5.74) is 6.41. The number of halogens is 1.